The number of methoxy groups -OCH3 is 1. The fourth-order valence-corrected chi connectivity index (χ4v) is 1.84. The SMILES string of the molecule is COc1ccccc1C(=O)Nc1n[nH]c(-c2ccco2)n1. The summed E-state index contributed by atoms with van der Waals surface area (Å²) in [4.78, 5) is 16.3. The van der Waals surface area contributed by atoms with Crippen molar-refractivity contribution in [2.24, 2.45) is 0 Å². The molecule has 7 nitrogen and oxygen atoms in total. The topological polar surface area (TPSA) is 93.0 Å². The molecular formula is C14H12N4O3. The highest BCUT2D eigenvalue weighted by atomic mass is 16.5. The third kappa shape index (κ3) is 2.62. The highest BCUT2D eigenvalue weighted by Crippen LogP contribution is 2.19. The van der Waals surface area contributed by atoms with Crippen LogP contribution in [-0.2, 0) is 0 Å². The Morgan fingerprint density at radius 2 is 2.14 bits per heavy atom. The van der Waals surface area contributed by atoms with E-state index in [4.69, 9.17) is 9.15 Å². The van der Waals surface area contributed by atoms with Crippen molar-refractivity contribution in [3.05, 3.63) is 48.2 Å². The highest BCUT2D eigenvalue weighted by Gasteiger charge is 2.14. The molecule has 0 aliphatic heterocycles. The van der Waals surface area contributed by atoms with Gasteiger partial charge in [0.1, 0.15) is 5.75 Å². The fraction of sp³-hybridized carbons (Fsp3) is 0.0714. The standard InChI is InChI=1S/C14H12N4O3/c1-20-10-6-3-2-5-9(10)13(19)16-14-15-12(17-18-14)11-7-4-8-21-11/h2-8H,1H3,(H2,15,16,17,18,19). The van der Waals surface area contributed by atoms with E-state index in [2.05, 4.69) is 20.5 Å². The second-order valence-electron chi connectivity index (χ2n) is 4.14. The number of carbonyl (C=O) groups is 1. The molecule has 3 rings (SSSR count). The van der Waals surface area contributed by atoms with Gasteiger partial charge >= 0.3 is 0 Å². The van der Waals surface area contributed by atoms with Crippen LogP contribution in [0.2, 0.25) is 0 Å². The Bertz CT molecular complexity index is 749. The van der Waals surface area contributed by atoms with Gasteiger partial charge in [0.05, 0.1) is 18.9 Å². The van der Waals surface area contributed by atoms with Gasteiger partial charge in [-0.05, 0) is 24.3 Å². The molecule has 1 aromatic carbocycles. The van der Waals surface area contributed by atoms with Crippen molar-refractivity contribution in [3.8, 4) is 17.3 Å². The first-order chi connectivity index (χ1) is 10.3. The summed E-state index contributed by atoms with van der Waals surface area (Å²) >= 11 is 0. The van der Waals surface area contributed by atoms with Crippen LogP contribution in [-0.4, -0.2) is 28.2 Å². The Morgan fingerprint density at radius 3 is 2.90 bits per heavy atom. The quantitative estimate of drug-likeness (QED) is 0.767. The van der Waals surface area contributed by atoms with Gasteiger partial charge in [0.15, 0.2) is 11.6 Å². The number of aromatic amines is 1. The van der Waals surface area contributed by atoms with Gasteiger partial charge in [-0.25, -0.2) is 0 Å². The number of hydrogen-bond acceptors (Lipinski definition) is 5. The number of hydrogen-bond donors (Lipinski definition) is 2. The van der Waals surface area contributed by atoms with E-state index in [1.54, 1.807) is 36.4 Å². The van der Waals surface area contributed by atoms with E-state index < -0.39 is 0 Å². The number of furan rings is 1. The van der Waals surface area contributed by atoms with Crippen LogP contribution in [0, 0.1) is 0 Å². The molecule has 0 saturated heterocycles. The minimum atomic E-state index is -0.350. The van der Waals surface area contributed by atoms with Crippen molar-refractivity contribution in [2.75, 3.05) is 12.4 Å². The molecule has 2 aromatic heterocycles. The number of aromatic nitrogens is 3. The van der Waals surface area contributed by atoms with E-state index in [0.717, 1.165) is 0 Å². The lowest BCUT2D eigenvalue weighted by molar-refractivity contribution is 0.102. The molecule has 1 amide bonds. The first-order valence-corrected chi connectivity index (χ1v) is 6.18. The zero-order chi connectivity index (χ0) is 14.7. The number of nitrogens with zero attached hydrogens (tertiary/aromatic N) is 2. The molecule has 3 aromatic rings. The molecule has 0 aliphatic rings. The van der Waals surface area contributed by atoms with Gasteiger partial charge in [0, 0.05) is 0 Å². The average molecular weight is 284 g/mol. The first kappa shape index (κ1) is 12.9. The minimum Gasteiger partial charge on any atom is -0.496 e. The number of para-hydroxylation sites is 1. The van der Waals surface area contributed by atoms with Gasteiger partial charge < -0.3 is 9.15 Å². The zero-order valence-electron chi connectivity index (χ0n) is 11.2. The lowest BCUT2D eigenvalue weighted by Gasteiger charge is -2.06. The third-order valence-corrected chi connectivity index (χ3v) is 2.82. The molecule has 7 heteroatoms. The van der Waals surface area contributed by atoms with Crippen molar-refractivity contribution < 1.29 is 13.9 Å². The van der Waals surface area contributed by atoms with E-state index in [9.17, 15) is 4.79 Å². The molecule has 0 spiro atoms. The van der Waals surface area contributed by atoms with E-state index in [-0.39, 0.29) is 11.9 Å². The summed E-state index contributed by atoms with van der Waals surface area (Å²) in [5, 5.41) is 9.22. The monoisotopic (exact) mass is 284 g/mol. The molecule has 0 radical (unpaired) electrons. The van der Waals surface area contributed by atoms with Crippen LogP contribution in [0.4, 0.5) is 5.95 Å². The van der Waals surface area contributed by atoms with Crippen molar-refractivity contribution in [1.82, 2.24) is 15.2 Å². The van der Waals surface area contributed by atoms with Crippen molar-refractivity contribution >= 4 is 11.9 Å². The Kier molecular flexibility index (Phi) is 3.38. The summed E-state index contributed by atoms with van der Waals surface area (Å²) in [6.07, 6.45) is 1.53. The van der Waals surface area contributed by atoms with Crippen LogP contribution in [0.25, 0.3) is 11.6 Å². The van der Waals surface area contributed by atoms with E-state index >= 15 is 0 Å². The third-order valence-electron chi connectivity index (χ3n) is 2.82. The maximum absolute atomic E-state index is 12.2. The van der Waals surface area contributed by atoms with Crippen LogP contribution < -0.4 is 10.1 Å². The number of benzene rings is 1. The molecule has 0 fully saturated rings. The predicted octanol–water partition coefficient (Wildman–Crippen LogP) is 2.33. The molecule has 0 bridgehead atoms. The van der Waals surface area contributed by atoms with Crippen LogP contribution >= 0.6 is 0 Å². The van der Waals surface area contributed by atoms with Gasteiger partial charge in [-0.15, -0.1) is 5.10 Å². The van der Waals surface area contributed by atoms with Gasteiger partial charge in [-0.2, -0.15) is 4.98 Å². The smallest absolute Gasteiger partial charge is 0.261 e. The van der Waals surface area contributed by atoms with E-state index in [0.29, 0.717) is 22.9 Å². The molecule has 0 aliphatic carbocycles. The maximum atomic E-state index is 12.2. The Hall–Kier alpha value is -3.09. The molecule has 2 heterocycles. The number of rotatable bonds is 4. The summed E-state index contributed by atoms with van der Waals surface area (Å²) in [6.45, 7) is 0. The molecule has 2 N–H and O–H groups in total. The summed E-state index contributed by atoms with van der Waals surface area (Å²) in [6, 6.07) is 10.4. The minimum absolute atomic E-state index is 0.164. The lowest BCUT2D eigenvalue weighted by atomic mass is 10.2. The number of anilines is 1. The normalized spacial score (nSPS) is 10.3. The molecule has 0 unspecified atom stereocenters. The average Bonchev–Trinajstić information content (AvgIpc) is 3.17. The van der Waals surface area contributed by atoms with E-state index in [1.807, 2.05) is 0 Å². The van der Waals surface area contributed by atoms with Crippen molar-refractivity contribution in [1.29, 1.82) is 0 Å². The molecule has 0 atom stereocenters. The predicted molar refractivity (Wildman–Crippen MR) is 75.0 cm³/mol. The largest absolute Gasteiger partial charge is 0.496 e. The lowest BCUT2D eigenvalue weighted by Crippen LogP contribution is -2.14. The van der Waals surface area contributed by atoms with Gasteiger partial charge in [-0.3, -0.25) is 15.2 Å². The van der Waals surface area contributed by atoms with Crippen LogP contribution in [0.15, 0.2) is 47.1 Å². The highest BCUT2D eigenvalue weighted by molar-refractivity contribution is 6.05. The summed E-state index contributed by atoms with van der Waals surface area (Å²) in [7, 11) is 1.51. The number of H-pyrrole nitrogens is 1. The number of carbonyl (C=O) groups excluding carboxylic acids is 1. The zero-order valence-corrected chi connectivity index (χ0v) is 11.2. The second kappa shape index (κ2) is 5.49. The van der Waals surface area contributed by atoms with Crippen LogP contribution in [0.3, 0.4) is 0 Å². The summed E-state index contributed by atoms with van der Waals surface area (Å²) in [5.74, 6) is 1.28. The summed E-state index contributed by atoms with van der Waals surface area (Å²) in [5.41, 5.74) is 0.407. The molecule has 106 valence electrons. The molecule has 0 saturated carbocycles. The second-order valence-corrected chi connectivity index (χ2v) is 4.14. The van der Waals surface area contributed by atoms with Crippen molar-refractivity contribution in [2.45, 2.75) is 0 Å². The number of amides is 1. The summed E-state index contributed by atoms with van der Waals surface area (Å²) < 4.78 is 10.3. The van der Waals surface area contributed by atoms with Gasteiger partial charge in [0.2, 0.25) is 5.95 Å². The molecular weight excluding hydrogens is 272 g/mol. The Morgan fingerprint density at radius 1 is 1.29 bits per heavy atom. The molecule has 21 heavy (non-hydrogen) atoms. The van der Waals surface area contributed by atoms with Crippen molar-refractivity contribution in [3.63, 3.8) is 0 Å². The maximum Gasteiger partial charge on any atom is 0.261 e. The first-order valence-electron chi connectivity index (χ1n) is 6.18. The number of ether oxygens (including phenoxy) is 1. The van der Waals surface area contributed by atoms with Gasteiger partial charge in [-0.1, -0.05) is 12.1 Å². The van der Waals surface area contributed by atoms with Crippen LogP contribution in [0.1, 0.15) is 10.4 Å². The fourth-order valence-electron chi connectivity index (χ4n) is 1.84. The Labute approximate surface area is 120 Å². The van der Waals surface area contributed by atoms with E-state index in [1.165, 1.54) is 13.4 Å². The Balaban J connectivity index is 1.79. The number of nitrogens with one attached hydrogen (secondary N) is 2. The van der Waals surface area contributed by atoms with Gasteiger partial charge in [0.25, 0.3) is 5.91 Å². The van der Waals surface area contributed by atoms with Crippen LogP contribution in [0.5, 0.6) is 5.75 Å².